The highest BCUT2D eigenvalue weighted by atomic mass is 35.5. The van der Waals surface area contributed by atoms with Crippen LogP contribution in [0.25, 0.3) is 11.4 Å². The van der Waals surface area contributed by atoms with Gasteiger partial charge < -0.3 is 14.4 Å². The van der Waals surface area contributed by atoms with Crippen LogP contribution in [0.5, 0.6) is 5.75 Å². The number of hydrogen-bond donors (Lipinski definition) is 1. The number of imidazole rings is 1. The van der Waals surface area contributed by atoms with Crippen LogP contribution in [0, 0.1) is 12.7 Å². The molecule has 1 amide bonds. The Bertz CT molecular complexity index is 1490. The molecule has 4 rings (SSSR count). The van der Waals surface area contributed by atoms with Crippen LogP contribution in [0.15, 0.2) is 60.7 Å². The van der Waals surface area contributed by atoms with Crippen LogP contribution in [0.2, 0.25) is 10.0 Å². The molecular formula is C30H30Cl2FN3O3. The van der Waals surface area contributed by atoms with Gasteiger partial charge in [-0.2, -0.15) is 0 Å². The number of amides is 1. The van der Waals surface area contributed by atoms with Crippen molar-refractivity contribution in [1.29, 1.82) is 0 Å². The predicted octanol–water partition coefficient (Wildman–Crippen LogP) is 7.70. The van der Waals surface area contributed by atoms with Crippen LogP contribution in [0.1, 0.15) is 61.5 Å². The largest absolute Gasteiger partial charge is 0.496 e. The van der Waals surface area contributed by atoms with E-state index < -0.39 is 18.0 Å². The number of hydrogen-bond acceptors (Lipinski definition) is 4. The van der Waals surface area contributed by atoms with Crippen molar-refractivity contribution < 1.29 is 19.0 Å². The number of methoxy groups -OCH3 is 1. The summed E-state index contributed by atoms with van der Waals surface area (Å²) in [4.78, 5) is 19.0. The Balaban J connectivity index is 2.05. The first kappa shape index (κ1) is 28.6. The average Bonchev–Trinajstić information content (AvgIpc) is 3.26. The number of rotatable bonds is 9. The molecule has 2 unspecified atom stereocenters. The predicted molar refractivity (Wildman–Crippen MR) is 153 cm³/mol. The maximum Gasteiger partial charge on any atom is 0.215 e. The summed E-state index contributed by atoms with van der Waals surface area (Å²) in [6.07, 6.45) is -0.102. The molecule has 0 spiro atoms. The van der Waals surface area contributed by atoms with Gasteiger partial charge in [0.2, 0.25) is 6.41 Å². The van der Waals surface area contributed by atoms with Gasteiger partial charge in [0.15, 0.2) is 5.82 Å². The summed E-state index contributed by atoms with van der Waals surface area (Å²) in [5, 5.41) is 10.7. The second kappa shape index (κ2) is 11.8. The zero-order valence-electron chi connectivity index (χ0n) is 22.3. The van der Waals surface area contributed by atoms with E-state index >= 15 is 4.39 Å². The molecule has 0 aliphatic carbocycles. The Hall–Kier alpha value is -3.39. The molecule has 4 aromatic rings. The Labute approximate surface area is 237 Å². The van der Waals surface area contributed by atoms with Crippen molar-refractivity contribution in [3.63, 3.8) is 0 Å². The van der Waals surface area contributed by atoms with Crippen molar-refractivity contribution in [2.24, 2.45) is 0 Å². The number of ether oxygens (including phenoxy) is 1. The second-order valence-electron chi connectivity index (χ2n) is 9.55. The van der Waals surface area contributed by atoms with E-state index in [1.165, 1.54) is 17.0 Å². The summed E-state index contributed by atoms with van der Waals surface area (Å²) in [5.74, 6) is 0.465. The number of aliphatic hydroxyl groups is 1. The highest BCUT2D eigenvalue weighted by Crippen LogP contribution is 2.41. The van der Waals surface area contributed by atoms with Gasteiger partial charge in [-0.25, -0.2) is 9.37 Å². The number of aliphatic hydroxyl groups excluding tert-OH is 1. The van der Waals surface area contributed by atoms with Gasteiger partial charge in [-0.15, -0.1) is 0 Å². The maximum absolute atomic E-state index is 15.3. The van der Waals surface area contributed by atoms with Gasteiger partial charge in [-0.3, -0.25) is 9.69 Å². The smallest absolute Gasteiger partial charge is 0.215 e. The third kappa shape index (κ3) is 5.53. The van der Waals surface area contributed by atoms with Gasteiger partial charge in [0.1, 0.15) is 17.6 Å². The summed E-state index contributed by atoms with van der Waals surface area (Å²) in [6, 6.07) is 16.1. The van der Waals surface area contributed by atoms with E-state index in [4.69, 9.17) is 32.9 Å². The molecule has 39 heavy (non-hydrogen) atoms. The number of anilines is 1. The van der Waals surface area contributed by atoms with Gasteiger partial charge in [0.25, 0.3) is 0 Å². The molecule has 6 nitrogen and oxygen atoms in total. The zero-order valence-corrected chi connectivity index (χ0v) is 23.8. The van der Waals surface area contributed by atoms with Crippen molar-refractivity contribution in [3.8, 4) is 17.1 Å². The molecule has 0 saturated carbocycles. The van der Waals surface area contributed by atoms with Crippen LogP contribution in [-0.2, 0) is 4.79 Å². The van der Waals surface area contributed by atoms with Gasteiger partial charge in [0.05, 0.1) is 40.9 Å². The van der Waals surface area contributed by atoms with E-state index in [0.29, 0.717) is 51.1 Å². The Kier molecular flexibility index (Phi) is 8.64. The molecule has 1 aromatic heterocycles. The first-order valence-corrected chi connectivity index (χ1v) is 13.2. The van der Waals surface area contributed by atoms with E-state index in [2.05, 4.69) is 0 Å². The van der Waals surface area contributed by atoms with Crippen molar-refractivity contribution in [3.05, 3.63) is 99.0 Å². The van der Waals surface area contributed by atoms with Crippen LogP contribution < -0.4 is 9.64 Å². The quantitative estimate of drug-likeness (QED) is 0.210. The molecule has 204 valence electrons. The fourth-order valence-corrected chi connectivity index (χ4v) is 5.10. The molecule has 3 aromatic carbocycles. The Morgan fingerprint density at radius 2 is 1.72 bits per heavy atom. The summed E-state index contributed by atoms with van der Waals surface area (Å²) in [6.45, 7) is 7.55. The van der Waals surface area contributed by atoms with Gasteiger partial charge >= 0.3 is 0 Å². The third-order valence-electron chi connectivity index (χ3n) is 6.64. The van der Waals surface area contributed by atoms with Gasteiger partial charge in [0, 0.05) is 11.1 Å². The summed E-state index contributed by atoms with van der Waals surface area (Å²) in [7, 11) is 1.57. The fraction of sp³-hybridized carbons (Fsp3) is 0.267. The monoisotopic (exact) mass is 569 g/mol. The van der Waals surface area contributed by atoms with Crippen molar-refractivity contribution in [1.82, 2.24) is 9.55 Å². The van der Waals surface area contributed by atoms with E-state index in [1.54, 1.807) is 56.5 Å². The third-order valence-corrected chi connectivity index (χ3v) is 7.19. The lowest BCUT2D eigenvalue weighted by Gasteiger charge is -2.32. The highest BCUT2D eigenvalue weighted by molar-refractivity contribution is 6.31. The van der Waals surface area contributed by atoms with Crippen LogP contribution in [0.3, 0.4) is 0 Å². The molecular weight excluding hydrogens is 540 g/mol. The van der Waals surface area contributed by atoms with Crippen molar-refractivity contribution >= 4 is 35.3 Å². The van der Waals surface area contributed by atoms with E-state index in [0.717, 1.165) is 0 Å². The minimum Gasteiger partial charge on any atom is -0.496 e. The van der Waals surface area contributed by atoms with Crippen LogP contribution in [0.4, 0.5) is 10.1 Å². The Morgan fingerprint density at radius 3 is 2.31 bits per heavy atom. The number of aryl methyl sites for hydroxylation is 1. The minimum atomic E-state index is -0.776. The molecule has 0 fully saturated rings. The topological polar surface area (TPSA) is 67.6 Å². The van der Waals surface area contributed by atoms with E-state index in [1.807, 2.05) is 31.4 Å². The lowest BCUT2D eigenvalue weighted by molar-refractivity contribution is -0.107. The van der Waals surface area contributed by atoms with Gasteiger partial charge in [-0.1, -0.05) is 47.5 Å². The summed E-state index contributed by atoms with van der Waals surface area (Å²) in [5.41, 5.74) is 3.43. The SMILES string of the molecule is COc1ccc(C(C)O)cc1-c1nc(C)c(C(c2ccc(Cl)cc2)N(C=O)c2cccc(Cl)c2F)n1C(C)C. The number of carbonyl (C=O) groups is 1. The number of carbonyl (C=O) groups excluding carboxylic acids is 1. The molecule has 1 N–H and O–H groups in total. The van der Waals surface area contributed by atoms with Crippen molar-refractivity contribution in [2.45, 2.75) is 45.9 Å². The standard InChI is InChI=1S/C30H30Cl2FN3O3/c1-17(2)36-28(18(3)34-30(36)23-15-21(19(4)38)11-14-26(23)39-5)29(20-9-12-22(31)13-10-20)35(16-37)25-8-6-7-24(32)27(25)33/h6-17,19,29,38H,1-5H3. The molecule has 2 atom stereocenters. The van der Waals surface area contributed by atoms with E-state index in [9.17, 15) is 9.90 Å². The normalized spacial score (nSPS) is 12.9. The second-order valence-corrected chi connectivity index (χ2v) is 10.4. The number of halogens is 3. The molecule has 0 saturated heterocycles. The Morgan fingerprint density at radius 1 is 1.05 bits per heavy atom. The average molecular weight is 570 g/mol. The zero-order chi connectivity index (χ0) is 28.4. The van der Waals surface area contributed by atoms with Crippen molar-refractivity contribution in [2.75, 3.05) is 12.0 Å². The van der Waals surface area contributed by atoms with Crippen LogP contribution in [-0.4, -0.2) is 28.2 Å². The number of aromatic nitrogens is 2. The van der Waals surface area contributed by atoms with E-state index in [-0.39, 0.29) is 16.8 Å². The first-order chi connectivity index (χ1) is 18.6. The molecule has 0 aliphatic heterocycles. The lowest BCUT2D eigenvalue weighted by atomic mass is 9.99. The first-order valence-electron chi connectivity index (χ1n) is 12.5. The fourth-order valence-electron chi connectivity index (χ4n) is 4.80. The minimum absolute atomic E-state index is 0.0311. The van der Waals surface area contributed by atoms with Gasteiger partial charge in [-0.05, 0) is 75.2 Å². The molecule has 9 heteroatoms. The molecule has 0 bridgehead atoms. The maximum atomic E-state index is 15.3. The number of nitrogens with zero attached hydrogens (tertiary/aromatic N) is 3. The molecule has 0 aliphatic rings. The molecule has 0 radical (unpaired) electrons. The summed E-state index contributed by atoms with van der Waals surface area (Å²) < 4.78 is 23.0. The van der Waals surface area contributed by atoms with Crippen LogP contribution >= 0.6 is 23.2 Å². The highest BCUT2D eigenvalue weighted by Gasteiger charge is 2.33. The summed E-state index contributed by atoms with van der Waals surface area (Å²) >= 11 is 12.3. The number of benzene rings is 3. The molecule has 1 heterocycles. The lowest BCUT2D eigenvalue weighted by Crippen LogP contribution is -2.31.